The molecule has 0 N–H and O–H groups in total. The molecular formula is C15H18N2O2. The lowest BCUT2D eigenvalue weighted by Gasteiger charge is -2.28. The molecule has 1 aromatic rings. The van der Waals surface area contributed by atoms with Crippen LogP contribution in [-0.2, 0) is 9.59 Å². The standard InChI is InChI=1S/C15H18N2O2/c1-3-13(18)15-12(5-4-6-14(15)19)17(2)11-7-9-16-10-8-11/h7-10H,3-6H2,1-2H3. The number of nitrogens with zero attached hydrogens (tertiary/aromatic N) is 2. The van der Waals surface area contributed by atoms with Crippen LogP contribution >= 0.6 is 0 Å². The van der Waals surface area contributed by atoms with Crippen molar-refractivity contribution in [3.8, 4) is 0 Å². The van der Waals surface area contributed by atoms with Crippen LogP contribution in [0.3, 0.4) is 0 Å². The van der Waals surface area contributed by atoms with Crippen molar-refractivity contribution >= 4 is 17.3 Å². The van der Waals surface area contributed by atoms with Gasteiger partial charge in [-0.3, -0.25) is 14.6 Å². The summed E-state index contributed by atoms with van der Waals surface area (Å²) < 4.78 is 0. The molecule has 0 unspecified atom stereocenters. The zero-order chi connectivity index (χ0) is 13.8. The first-order chi connectivity index (χ1) is 9.15. The number of carbonyl (C=O) groups is 2. The molecule has 0 saturated carbocycles. The van der Waals surface area contributed by atoms with E-state index >= 15 is 0 Å². The molecule has 1 aliphatic carbocycles. The van der Waals surface area contributed by atoms with E-state index in [-0.39, 0.29) is 11.6 Å². The summed E-state index contributed by atoms with van der Waals surface area (Å²) in [4.78, 5) is 29.9. The number of hydrogen-bond acceptors (Lipinski definition) is 4. The van der Waals surface area contributed by atoms with E-state index in [1.54, 1.807) is 19.3 Å². The van der Waals surface area contributed by atoms with E-state index in [9.17, 15) is 9.59 Å². The molecule has 4 heteroatoms. The molecule has 0 amide bonds. The topological polar surface area (TPSA) is 50.3 Å². The Labute approximate surface area is 113 Å². The summed E-state index contributed by atoms with van der Waals surface area (Å²) in [6.07, 6.45) is 5.84. The number of carbonyl (C=O) groups excluding carboxylic acids is 2. The van der Waals surface area contributed by atoms with E-state index in [2.05, 4.69) is 4.98 Å². The van der Waals surface area contributed by atoms with Crippen LogP contribution in [0, 0.1) is 0 Å². The Morgan fingerprint density at radius 2 is 2.00 bits per heavy atom. The highest BCUT2D eigenvalue weighted by molar-refractivity contribution is 6.21. The maximum Gasteiger partial charge on any atom is 0.168 e. The second-order valence-electron chi connectivity index (χ2n) is 4.64. The Morgan fingerprint density at radius 1 is 1.32 bits per heavy atom. The summed E-state index contributed by atoms with van der Waals surface area (Å²) in [7, 11) is 1.90. The molecular weight excluding hydrogens is 240 g/mol. The molecule has 0 aromatic carbocycles. The number of allylic oxidation sites excluding steroid dienone is 2. The zero-order valence-corrected chi connectivity index (χ0v) is 11.3. The van der Waals surface area contributed by atoms with E-state index in [0.29, 0.717) is 18.4 Å². The van der Waals surface area contributed by atoms with Crippen LogP contribution in [0.2, 0.25) is 0 Å². The largest absolute Gasteiger partial charge is 0.347 e. The lowest BCUT2D eigenvalue weighted by atomic mass is 9.90. The summed E-state index contributed by atoms with van der Waals surface area (Å²) in [5, 5.41) is 0. The molecule has 0 fully saturated rings. The molecule has 4 nitrogen and oxygen atoms in total. The van der Waals surface area contributed by atoms with E-state index < -0.39 is 0 Å². The predicted molar refractivity (Wildman–Crippen MR) is 73.8 cm³/mol. The van der Waals surface area contributed by atoms with Crippen LogP contribution in [-0.4, -0.2) is 23.6 Å². The smallest absolute Gasteiger partial charge is 0.168 e. The molecule has 0 spiro atoms. The van der Waals surface area contributed by atoms with Crippen molar-refractivity contribution < 1.29 is 9.59 Å². The highest BCUT2D eigenvalue weighted by Crippen LogP contribution is 2.28. The van der Waals surface area contributed by atoms with Crippen molar-refractivity contribution in [1.82, 2.24) is 4.98 Å². The number of pyridine rings is 1. The Kier molecular flexibility index (Phi) is 4.10. The van der Waals surface area contributed by atoms with Gasteiger partial charge in [-0.15, -0.1) is 0 Å². The summed E-state index contributed by atoms with van der Waals surface area (Å²) >= 11 is 0. The Morgan fingerprint density at radius 3 is 2.63 bits per heavy atom. The van der Waals surface area contributed by atoms with Gasteiger partial charge >= 0.3 is 0 Å². The second-order valence-corrected chi connectivity index (χ2v) is 4.64. The van der Waals surface area contributed by atoms with Crippen LogP contribution in [0.25, 0.3) is 0 Å². The van der Waals surface area contributed by atoms with Gasteiger partial charge in [0.25, 0.3) is 0 Å². The summed E-state index contributed by atoms with van der Waals surface area (Å²) in [6, 6.07) is 3.75. The highest BCUT2D eigenvalue weighted by Gasteiger charge is 2.27. The monoisotopic (exact) mass is 258 g/mol. The third-order valence-corrected chi connectivity index (χ3v) is 3.44. The fourth-order valence-corrected chi connectivity index (χ4v) is 2.38. The lowest BCUT2D eigenvalue weighted by Crippen LogP contribution is -2.28. The fourth-order valence-electron chi connectivity index (χ4n) is 2.38. The van der Waals surface area contributed by atoms with Crippen molar-refractivity contribution in [3.63, 3.8) is 0 Å². The quantitative estimate of drug-likeness (QED) is 0.779. The summed E-state index contributed by atoms with van der Waals surface area (Å²) in [6.45, 7) is 1.79. The van der Waals surface area contributed by atoms with Gasteiger partial charge in [-0.2, -0.15) is 0 Å². The van der Waals surface area contributed by atoms with Gasteiger partial charge in [0, 0.05) is 43.7 Å². The van der Waals surface area contributed by atoms with Crippen LogP contribution in [0.1, 0.15) is 32.6 Å². The van der Waals surface area contributed by atoms with Crippen molar-refractivity contribution in [2.75, 3.05) is 11.9 Å². The van der Waals surface area contributed by atoms with Crippen molar-refractivity contribution in [2.24, 2.45) is 0 Å². The molecule has 1 aromatic heterocycles. The summed E-state index contributed by atoms with van der Waals surface area (Å²) in [5.74, 6) is -0.0744. The van der Waals surface area contributed by atoms with Gasteiger partial charge in [0.05, 0.1) is 5.57 Å². The van der Waals surface area contributed by atoms with Gasteiger partial charge in [0.15, 0.2) is 11.6 Å². The third kappa shape index (κ3) is 2.72. The van der Waals surface area contributed by atoms with Crippen molar-refractivity contribution in [1.29, 1.82) is 0 Å². The molecule has 0 bridgehead atoms. The maximum atomic E-state index is 12.0. The van der Waals surface area contributed by atoms with E-state index in [1.807, 2.05) is 24.1 Å². The zero-order valence-electron chi connectivity index (χ0n) is 11.3. The number of ketones is 2. The minimum atomic E-state index is -0.0550. The number of rotatable bonds is 4. The average molecular weight is 258 g/mol. The Balaban J connectivity index is 2.43. The molecule has 0 radical (unpaired) electrons. The van der Waals surface area contributed by atoms with Crippen LogP contribution < -0.4 is 4.90 Å². The molecule has 1 heterocycles. The maximum absolute atomic E-state index is 12.0. The molecule has 19 heavy (non-hydrogen) atoms. The van der Waals surface area contributed by atoms with Crippen molar-refractivity contribution in [3.05, 3.63) is 35.8 Å². The molecule has 0 saturated heterocycles. The molecule has 2 rings (SSSR count). The van der Waals surface area contributed by atoms with Crippen LogP contribution in [0.15, 0.2) is 35.8 Å². The third-order valence-electron chi connectivity index (χ3n) is 3.44. The number of anilines is 1. The Bertz CT molecular complexity index is 520. The molecule has 1 aliphatic rings. The highest BCUT2D eigenvalue weighted by atomic mass is 16.1. The molecule has 0 atom stereocenters. The van der Waals surface area contributed by atoms with Gasteiger partial charge in [-0.25, -0.2) is 0 Å². The first kappa shape index (κ1) is 13.5. The van der Waals surface area contributed by atoms with E-state index in [4.69, 9.17) is 0 Å². The van der Waals surface area contributed by atoms with Gasteiger partial charge in [0.2, 0.25) is 0 Å². The minimum absolute atomic E-state index is 0.0194. The van der Waals surface area contributed by atoms with Gasteiger partial charge in [-0.1, -0.05) is 6.92 Å². The summed E-state index contributed by atoms with van der Waals surface area (Å²) in [5.41, 5.74) is 2.18. The van der Waals surface area contributed by atoms with Gasteiger partial charge in [0.1, 0.15) is 0 Å². The van der Waals surface area contributed by atoms with Crippen molar-refractivity contribution in [2.45, 2.75) is 32.6 Å². The normalized spacial score (nSPS) is 15.6. The number of aromatic nitrogens is 1. The van der Waals surface area contributed by atoms with Crippen LogP contribution in [0.5, 0.6) is 0 Å². The van der Waals surface area contributed by atoms with E-state index in [0.717, 1.165) is 24.2 Å². The van der Waals surface area contributed by atoms with Gasteiger partial charge < -0.3 is 4.90 Å². The minimum Gasteiger partial charge on any atom is -0.347 e. The Hall–Kier alpha value is -1.97. The number of hydrogen-bond donors (Lipinski definition) is 0. The molecule has 0 aliphatic heterocycles. The first-order valence-electron chi connectivity index (χ1n) is 6.58. The molecule has 100 valence electrons. The van der Waals surface area contributed by atoms with Crippen LogP contribution in [0.4, 0.5) is 5.69 Å². The van der Waals surface area contributed by atoms with E-state index in [1.165, 1.54) is 0 Å². The predicted octanol–water partition coefficient (Wildman–Crippen LogP) is 2.50. The average Bonchev–Trinajstić information content (AvgIpc) is 2.46. The number of Topliss-reactive ketones (excluding diaryl/α,β-unsaturated/α-hetero) is 2. The van der Waals surface area contributed by atoms with Gasteiger partial charge in [-0.05, 0) is 25.0 Å². The fraction of sp³-hybridized carbons (Fsp3) is 0.400. The second kappa shape index (κ2) is 5.78. The SMILES string of the molecule is CCC(=O)C1=C(N(C)c2ccncc2)CCCC1=O. The first-order valence-corrected chi connectivity index (χ1v) is 6.58. The lowest BCUT2D eigenvalue weighted by molar-refractivity contribution is -0.121.